The topological polar surface area (TPSA) is 131 Å². The summed E-state index contributed by atoms with van der Waals surface area (Å²) in [5.74, 6) is -0.246. The number of unbranched alkanes of at least 4 members (excludes halogenated alkanes) is 10. The Morgan fingerprint density at radius 1 is 0.791 bits per heavy atom. The van der Waals surface area contributed by atoms with Crippen molar-refractivity contribution >= 4 is 13.7 Å². The molecule has 0 aliphatic carbocycles. The van der Waals surface area contributed by atoms with Gasteiger partial charge in [0.25, 0.3) is 0 Å². The molecule has 8 nitrogen and oxygen atoms in total. The summed E-state index contributed by atoms with van der Waals surface area (Å²) in [7, 11) is -4.32. The van der Waals surface area contributed by atoms with Crippen LogP contribution in [0.3, 0.4) is 0 Å². The third kappa shape index (κ3) is 29.0. The number of carbonyl (C=O) groups excluding carboxylic acids is 1. The second-order valence-corrected chi connectivity index (χ2v) is 12.4. The van der Waals surface area contributed by atoms with E-state index in [1.165, 1.54) is 51.4 Å². The number of amides is 1. The van der Waals surface area contributed by atoms with E-state index in [2.05, 4.69) is 55.6 Å². The van der Waals surface area contributed by atoms with Crippen LogP contribution in [0.4, 0.5) is 0 Å². The van der Waals surface area contributed by atoms with Crippen LogP contribution in [0, 0.1) is 0 Å². The lowest BCUT2D eigenvalue weighted by Gasteiger charge is -2.25. The van der Waals surface area contributed by atoms with E-state index in [1.807, 2.05) is 12.2 Å². The van der Waals surface area contributed by atoms with Crippen molar-refractivity contribution in [1.82, 2.24) is 5.32 Å². The van der Waals surface area contributed by atoms with Crippen molar-refractivity contribution in [2.75, 3.05) is 19.8 Å². The summed E-state index contributed by atoms with van der Waals surface area (Å²) in [6.45, 7) is 3.98. The average Bonchev–Trinajstić information content (AvgIpc) is 2.99. The highest BCUT2D eigenvalue weighted by Gasteiger charge is 2.27. The number of aliphatic hydroxyl groups is 1. The lowest BCUT2D eigenvalue weighted by molar-refractivity contribution is -0.123. The standard InChI is InChI=1S/C34H63N2O6P/c1-3-5-7-9-11-13-15-16-18-20-22-24-26-28-34(38)36-32(31-42-43(39,40)41-30-29-35)33(37)27-25-23-21-19-17-14-12-10-8-6-4-2/h5,7,11,13,16,18,22,24,32-33,37H,3-4,6,8-10,12,14-15,17,19-21,23,25-31,35H2,1-2H3,(H,36,38)(H,39,40)/b7-5-,13-11-,18-16-,24-22-. The van der Waals surface area contributed by atoms with Crippen molar-refractivity contribution in [3.8, 4) is 0 Å². The molecule has 0 saturated carbocycles. The highest BCUT2D eigenvalue weighted by molar-refractivity contribution is 7.47. The molecule has 0 rings (SSSR count). The smallest absolute Gasteiger partial charge is 0.391 e. The second kappa shape index (κ2) is 30.5. The first-order chi connectivity index (χ1) is 20.9. The van der Waals surface area contributed by atoms with E-state index >= 15 is 0 Å². The molecule has 3 atom stereocenters. The summed E-state index contributed by atoms with van der Waals surface area (Å²) in [4.78, 5) is 22.5. The van der Waals surface area contributed by atoms with Crippen LogP contribution >= 0.6 is 7.82 Å². The number of rotatable bonds is 30. The number of allylic oxidation sites excluding steroid dienone is 8. The molecule has 0 aromatic rings. The van der Waals surface area contributed by atoms with Crippen LogP contribution in [-0.4, -0.2) is 47.8 Å². The van der Waals surface area contributed by atoms with Crippen molar-refractivity contribution in [2.24, 2.45) is 5.73 Å². The minimum atomic E-state index is -4.32. The Morgan fingerprint density at radius 2 is 1.30 bits per heavy atom. The zero-order valence-electron chi connectivity index (χ0n) is 27.2. The van der Waals surface area contributed by atoms with Gasteiger partial charge < -0.3 is 21.1 Å². The van der Waals surface area contributed by atoms with Crippen molar-refractivity contribution in [2.45, 2.75) is 142 Å². The minimum absolute atomic E-state index is 0.0762. The zero-order valence-corrected chi connectivity index (χ0v) is 28.1. The third-order valence-corrected chi connectivity index (χ3v) is 7.94. The van der Waals surface area contributed by atoms with Crippen molar-refractivity contribution in [3.05, 3.63) is 48.6 Å². The summed E-state index contributed by atoms with van der Waals surface area (Å²) in [6, 6.07) is -0.810. The third-order valence-electron chi connectivity index (χ3n) is 6.96. The Hall–Kier alpha value is -1.54. The zero-order chi connectivity index (χ0) is 31.9. The summed E-state index contributed by atoms with van der Waals surface area (Å²) >= 11 is 0. The Morgan fingerprint density at radius 3 is 1.84 bits per heavy atom. The molecule has 250 valence electrons. The normalized spacial score (nSPS) is 15.2. The lowest BCUT2D eigenvalue weighted by atomic mass is 10.0. The molecule has 0 radical (unpaired) electrons. The maximum atomic E-state index is 12.6. The van der Waals surface area contributed by atoms with Crippen LogP contribution in [-0.2, 0) is 18.4 Å². The van der Waals surface area contributed by atoms with Gasteiger partial charge in [-0.05, 0) is 38.5 Å². The number of phosphoric acid groups is 1. The van der Waals surface area contributed by atoms with E-state index < -0.39 is 20.0 Å². The van der Waals surface area contributed by atoms with E-state index in [-0.39, 0.29) is 32.1 Å². The van der Waals surface area contributed by atoms with Crippen LogP contribution in [0.5, 0.6) is 0 Å². The lowest BCUT2D eigenvalue weighted by Crippen LogP contribution is -2.46. The summed E-state index contributed by atoms with van der Waals surface area (Å²) in [5.41, 5.74) is 5.34. The molecule has 5 N–H and O–H groups in total. The van der Waals surface area contributed by atoms with Crippen molar-refractivity contribution in [3.63, 3.8) is 0 Å². The molecule has 0 aromatic heterocycles. The first-order valence-corrected chi connectivity index (χ1v) is 18.2. The molecule has 0 aromatic carbocycles. The van der Waals surface area contributed by atoms with Crippen molar-refractivity contribution < 1.29 is 28.4 Å². The molecular formula is C34H63N2O6P. The quantitative estimate of drug-likeness (QED) is 0.0359. The fraction of sp³-hybridized carbons (Fsp3) is 0.735. The van der Waals surface area contributed by atoms with Gasteiger partial charge in [0.1, 0.15) is 0 Å². The molecule has 0 spiro atoms. The predicted octanol–water partition coefficient (Wildman–Crippen LogP) is 8.21. The monoisotopic (exact) mass is 626 g/mol. The number of phosphoric ester groups is 1. The molecule has 9 heteroatoms. The molecular weight excluding hydrogens is 563 g/mol. The molecule has 0 heterocycles. The molecule has 0 fully saturated rings. The molecule has 0 aliphatic heterocycles. The maximum Gasteiger partial charge on any atom is 0.472 e. The Kier molecular flexibility index (Phi) is 29.4. The average molecular weight is 627 g/mol. The van der Waals surface area contributed by atoms with Gasteiger partial charge in [0.2, 0.25) is 5.91 Å². The molecule has 0 aliphatic rings. The predicted molar refractivity (Wildman–Crippen MR) is 180 cm³/mol. The van der Waals surface area contributed by atoms with E-state index in [0.29, 0.717) is 12.8 Å². The number of aliphatic hydroxyl groups excluding tert-OH is 1. The molecule has 1 amide bonds. The van der Waals surface area contributed by atoms with E-state index in [0.717, 1.165) is 44.9 Å². The molecule has 0 bridgehead atoms. The summed E-state index contributed by atoms with van der Waals surface area (Å²) in [6.07, 6.45) is 34.2. The molecule has 43 heavy (non-hydrogen) atoms. The number of hydrogen-bond donors (Lipinski definition) is 4. The highest BCUT2D eigenvalue weighted by Crippen LogP contribution is 2.43. The Labute approximate surface area is 262 Å². The summed E-state index contributed by atoms with van der Waals surface area (Å²) < 4.78 is 22.0. The number of nitrogens with two attached hydrogens (primary N) is 1. The number of hydrogen-bond acceptors (Lipinski definition) is 6. The first kappa shape index (κ1) is 41.5. The number of carbonyl (C=O) groups is 1. The maximum absolute atomic E-state index is 12.6. The van der Waals surface area contributed by atoms with Gasteiger partial charge in [-0.25, -0.2) is 4.57 Å². The van der Waals surface area contributed by atoms with Crippen LogP contribution in [0.2, 0.25) is 0 Å². The van der Waals surface area contributed by atoms with E-state index in [1.54, 1.807) is 0 Å². The summed E-state index contributed by atoms with van der Waals surface area (Å²) in [5, 5.41) is 13.6. The number of nitrogens with one attached hydrogen (secondary N) is 1. The largest absolute Gasteiger partial charge is 0.472 e. The van der Waals surface area contributed by atoms with Gasteiger partial charge in [-0.2, -0.15) is 0 Å². The fourth-order valence-corrected chi connectivity index (χ4v) is 5.20. The fourth-order valence-electron chi connectivity index (χ4n) is 4.44. The van der Waals surface area contributed by atoms with Crippen LogP contribution in [0.1, 0.15) is 129 Å². The highest BCUT2D eigenvalue weighted by atomic mass is 31.2. The van der Waals surface area contributed by atoms with Crippen LogP contribution in [0.25, 0.3) is 0 Å². The van der Waals surface area contributed by atoms with Gasteiger partial charge in [-0.1, -0.05) is 133 Å². The van der Waals surface area contributed by atoms with Gasteiger partial charge in [0.05, 0.1) is 25.4 Å². The van der Waals surface area contributed by atoms with E-state index in [9.17, 15) is 19.4 Å². The van der Waals surface area contributed by atoms with Gasteiger partial charge in [-0.15, -0.1) is 0 Å². The minimum Gasteiger partial charge on any atom is -0.391 e. The van der Waals surface area contributed by atoms with Crippen molar-refractivity contribution in [1.29, 1.82) is 0 Å². The van der Waals surface area contributed by atoms with Crippen LogP contribution in [0.15, 0.2) is 48.6 Å². The SMILES string of the molecule is CC/C=C\C/C=C\C/C=C\C/C=C\CCC(=O)NC(COP(=O)(O)OCCN)C(O)CCCCCCCCCCCCC. The Balaban J connectivity index is 4.47. The van der Waals surface area contributed by atoms with Crippen LogP contribution < -0.4 is 11.1 Å². The molecule has 0 saturated heterocycles. The molecule has 3 unspecified atom stereocenters. The first-order valence-electron chi connectivity index (χ1n) is 16.8. The van der Waals surface area contributed by atoms with Gasteiger partial charge in [0, 0.05) is 13.0 Å². The van der Waals surface area contributed by atoms with Gasteiger partial charge in [-0.3, -0.25) is 13.8 Å². The Bertz CT molecular complexity index is 815. The van der Waals surface area contributed by atoms with E-state index in [4.69, 9.17) is 14.8 Å². The van der Waals surface area contributed by atoms with Gasteiger partial charge >= 0.3 is 7.82 Å². The second-order valence-electron chi connectivity index (χ2n) is 11.0. The van der Waals surface area contributed by atoms with Gasteiger partial charge in [0.15, 0.2) is 0 Å².